The fraction of sp³-hybridized carbons (Fsp3) is 0.120. The molecule has 3 rings (SSSR count). The van der Waals surface area contributed by atoms with Crippen molar-refractivity contribution in [2.75, 3.05) is 24.4 Å². The van der Waals surface area contributed by atoms with Gasteiger partial charge in [0.2, 0.25) is 0 Å². The second-order valence-electron chi connectivity index (χ2n) is 7.20. The third-order valence-corrected chi connectivity index (χ3v) is 5.11. The third-order valence-electron chi connectivity index (χ3n) is 4.70. The van der Waals surface area contributed by atoms with Gasteiger partial charge in [0.25, 0.3) is 5.91 Å². The first-order chi connectivity index (χ1) is 16.9. The molecule has 3 amide bonds. The van der Waals surface area contributed by atoms with Crippen LogP contribution >= 0.6 is 11.6 Å². The molecule has 0 fully saturated rings. The summed E-state index contributed by atoms with van der Waals surface area (Å²) in [6, 6.07) is 18.5. The Labute approximate surface area is 207 Å². The normalized spacial score (nSPS) is 10.5. The van der Waals surface area contributed by atoms with E-state index in [9.17, 15) is 14.4 Å². The van der Waals surface area contributed by atoms with Crippen molar-refractivity contribution in [3.63, 3.8) is 0 Å². The summed E-state index contributed by atoms with van der Waals surface area (Å²) >= 11 is 6.07. The van der Waals surface area contributed by atoms with Gasteiger partial charge in [0.1, 0.15) is 11.5 Å². The van der Waals surface area contributed by atoms with Gasteiger partial charge in [-0.1, -0.05) is 29.8 Å². The Morgan fingerprint density at radius 2 is 1.69 bits per heavy atom. The number of ether oxygens (including phenoxy) is 2. The molecule has 180 valence electrons. The van der Waals surface area contributed by atoms with Crippen molar-refractivity contribution in [2.24, 2.45) is 5.10 Å². The van der Waals surface area contributed by atoms with E-state index in [1.165, 1.54) is 13.3 Å². The molecule has 10 heteroatoms. The third kappa shape index (κ3) is 7.58. The molecule has 0 bridgehead atoms. The van der Waals surface area contributed by atoms with Gasteiger partial charge >= 0.3 is 11.8 Å². The number of rotatable bonds is 8. The Bertz CT molecular complexity index is 1240. The second kappa shape index (κ2) is 12.2. The molecular weight excluding hydrogens is 472 g/mol. The fourth-order valence-electron chi connectivity index (χ4n) is 2.84. The monoisotopic (exact) mass is 494 g/mol. The molecule has 0 aliphatic heterocycles. The van der Waals surface area contributed by atoms with Crippen molar-refractivity contribution in [2.45, 2.75) is 6.92 Å². The van der Waals surface area contributed by atoms with Crippen LogP contribution in [0.1, 0.15) is 11.1 Å². The minimum Gasteiger partial charge on any atom is -0.497 e. The highest BCUT2D eigenvalue weighted by Crippen LogP contribution is 2.23. The molecular formula is C25H23ClN4O5. The Balaban J connectivity index is 1.48. The quantitative estimate of drug-likeness (QED) is 0.250. The van der Waals surface area contributed by atoms with Gasteiger partial charge in [-0.2, -0.15) is 5.10 Å². The first kappa shape index (κ1) is 25.3. The van der Waals surface area contributed by atoms with Crippen molar-refractivity contribution in [1.29, 1.82) is 0 Å². The Kier molecular flexibility index (Phi) is 8.80. The van der Waals surface area contributed by atoms with Gasteiger partial charge in [-0.3, -0.25) is 14.4 Å². The highest BCUT2D eigenvalue weighted by molar-refractivity contribution is 6.39. The molecule has 0 saturated carbocycles. The number of nitrogens with zero attached hydrogens (tertiary/aromatic N) is 1. The zero-order valence-corrected chi connectivity index (χ0v) is 19.8. The summed E-state index contributed by atoms with van der Waals surface area (Å²) in [6.07, 6.45) is 1.35. The number of nitrogens with one attached hydrogen (secondary N) is 3. The fourth-order valence-corrected chi connectivity index (χ4v) is 3.02. The number of amides is 3. The van der Waals surface area contributed by atoms with Crippen molar-refractivity contribution >= 4 is 46.9 Å². The Hall–Kier alpha value is -4.37. The van der Waals surface area contributed by atoms with E-state index in [-0.39, 0.29) is 12.5 Å². The zero-order chi connectivity index (χ0) is 25.2. The second-order valence-corrected chi connectivity index (χ2v) is 7.61. The standard InChI is InChI=1S/C25H23ClN4O5/c1-16-21(26)7-4-8-22(16)29-23(31)15-35-20-6-3-5-17(13-20)14-27-30-25(33)24(32)28-18-9-11-19(34-2)12-10-18/h3-14H,15H2,1-2H3,(H,28,32)(H,29,31)(H,30,33)/b27-14-. The number of methoxy groups -OCH3 is 1. The van der Waals surface area contributed by atoms with Gasteiger partial charge in [0.05, 0.1) is 13.3 Å². The SMILES string of the molecule is COc1ccc(NC(=O)C(=O)N/N=C\c2cccc(OCC(=O)Nc3cccc(Cl)c3C)c2)cc1. The van der Waals surface area contributed by atoms with Crippen LogP contribution in [0.2, 0.25) is 5.02 Å². The van der Waals surface area contributed by atoms with E-state index < -0.39 is 11.8 Å². The number of benzene rings is 3. The number of hydrazone groups is 1. The molecule has 0 atom stereocenters. The van der Waals surface area contributed by atoms with Gasteiger partial charge < -0.3 is 20.1 Å². The highest BCUT2D eigenvalue weighted by Gasteiger charge is 2.13. The average Bonchev–Trinajstić information content (AvgIpc) is 2.86. The lowest BCUT2D eigenvalue weighted by Crippen LogP contribution is -2.32. The van der Waals surface area contributed by atoms with Crippen LogP contribution in [0, 0.1) is 6.92 Å². The lowest BCUT2D eigenvalue weighted by molar-refractivity contribution is -0.136. The molecule has 3 N–H and O–H groups in total. The van der Waals surface area contributed by atoms with Crippen LogP contribution in [0.5, 0.6) is 11.5 Å². The molecule has 3 aromatic carbocycles. The van der Waals surface area contributed by atoms with Crippen LogP contribution in [-0.4, -0.2) is 37.7 Å². The van der Waals surface area contributed by atoms with Crippen molar-refractivity contribution < 1.29 is 23.9 Å². The molecule has 0 radical (unpaired) electrons. The number of carbonyl (C=O) groups is 3. The predicted molar refractivity (Wildman–Crippen MR) is 134 cm³/mol. The lowest BCUT2D eigenvalue weighted by Gasteiger charge is -2.10. The van der Waals surface area contributed by atoms with Gasteiger partial charge in [-0.25, -0.2) is 5.43 Å². The van der Waals surface area contributed by atoms with Gasteiger partial charge in [0.15, 0.2) is 6.61 Å². The maximum Gasteiger partial charge on any atom is 0.329 e. The molecule has 0 heterocycles. The molecule has 0 unspecified atom stereocenters. The van der Waals surface area contributed by atoms with E-state index in [1.807, 2.05) is 6.92 Å². The summed E-state index contributed by atoms with van der Waals surface area (Å²) in [7, 11) is 1.53. The van der Waals surface area contributed by atoms with Crippen LogP contribution in [0.25, 0.3) is 0 Å². The summed E-state index contributed by atoms with van der Waals surface area (Å²) in [5.74, 6) is -1.09. The van der Waals surface area contributed by atoms with Gasteiger partial charge in [-0.05, 0) is 66.6 Å². The predicted octanol–water partition coefficient (Wildman–Crippen LogP) is 3.76. The Morgan fingerprint density at radius 3 is 2.43 bits per heavy atom. The van der Waals surface area contributed by atoms with Crippen LogP contribution in [0.15, 0.2) is 71.8 Å². The van der Waals surface area contributed by atoms with Crippen LogP contribution < -0.4 is 25.5 Å². The molecule has 0 aromatic heterocycles. The maximum atomic E-state index is 12.2. The number of hydrogen-bond donors (Lipinski definition) is 3. The maximum absolute atomic E-state index is 12.2. The number of carbonyl (C=O) groups excluding carboxylic acids is 3. The smallest absolute Gasteiger partial charge is 0.329 e. The van der Waals surface area contributed by atoms with Gasteiger partial charge in [0, 0.05) is 16.4 Å². The summed E-state index contributed by atoms with van der Waals surface area (Å²) in [4.78, 5) is 36.2. The highest BCUT2D eigenvalue weighted by atomic mass is 35.5. The summed E-state index contributed by atoms with van der Waals surface area (Å²) in [6.45, 7) is 1.60. The van der Waals surface area contributed by atoms with E-state index in [0.29, 0.717) is 33.5 Å². The Morgan fingerprint density at radius 1 is 0.943 bits per heavy atom. The lowest BCUT2D eigenvalue weighted by atomic mass is 10.2. The van der Waals surface area contributed by atoms with Crippen molar-refractivity contribution in [1.82, 2.24) is 5.43 Å². The molecule has 3 aromatic rings. The average molecular weight is 495 g/mol. The van der Waals surface area contributed by atoms with Crippen LogP contribution in [-0.2, 0) is 14.4 Å². The first-order valence-electron chi connectivity index (χ1n) is 10.4. The van der Waals surface area contributed by atoms with Crippen LogP contribution in [0.4, 0.5) is 11.4 Å². The van der Waals surface area contributed by atoms with Gasteiger partial charge in [-0.15, -0.1) is 0 Å². The van der Waals surface area contributed by atoms with Crippen LogP contribution in [0.3, 0.4) is 0 Å². The minimum absolute atomic E-state index is 0.213. The molecule has 0 spiro atoms. The first-order valence-corrected chi connectivity index (χ1v) is 10.8. The summed E-state index contributed by atoms with van der Waals surface area (Å²) in [5, 5.41) is 9.55. The molecule has 0 saturated heterocycles. The zero-order valence-electron chi connectivity index (χ0n) is 19.0. The molecule has 9 nitrogen and oxygen atoms in total. The summed E-state index contributed by atoms with van der Waals surface area (Å²) < 4.78 is 10.6. The van der Waals surface area contributed by atoms with E-state index in [2.05, 4.69) is 21.2 Å². The van der Waals surface area contributed by atoms with Crippen molar-refractivity contribution in [3.8, 4) is 11.5 Å². The van der Waals surface area contributed by atoms with E-state index >= 15 is 0 Å². The summed E-state index contributed by atoms with van der Waals surface area (Å²) in [5.41, 5.74) is 4.56. The number of hydrogen-bond acceptors (Lipinski definition) is 6. The van der Waals surface area contributed by atoms with E-state index in [4.69, 9.17) is 21.1 Å². The van der Waals surface area contributed by atoms with Crippen molar-refractivity contribution in [3.05, 3.63) is 82.9 Å². The molecule has 0 aliphatic rings. The van der Waals surface area contributed by atoms with E-state index in [0.717, 1.165) is 5.56 Å². The largest absolute Gasteiger partial charge is 0.497 e. The molecule has 0 aliphatic carbocycles. The number of halogens is 1. The number of anilines is 2. The molecule has 35 heavy (non-hydrogen) atoms. The topological polar surface area (TPSA) is 118 Å². The van der Waals surface area contributed by atoms with E-state index in [1.54, 1.807) is 66.7 Å². The minimum atomic E-state index is -0.933.